The highest BCUT2D eigenvalue weighted by molar-refractivity contribution is 7.51. The molecule has 14 nitrogen and oxygen atoms in total. The third kappa shape index (κ3) is 8.98. The lowest BCUT2D eigenvalue weighted by molar-refractivity contribution is -0.134. The second-order valence-corrected chi connectivity index (χ2v) is 12.7. The van der Waals surface area contributed by atoms with Crippen LogP contribution in [0.1, 0.15) is 49.5 Å². The van der Waals surface area contributed by atoms with Crippen molar-refractivity contribution in [2.24, 2.45) is 0 Å². The average molecular weight is 633 g/mol. The molecule has 2 fully saturated rings. The molecule has 2 saturated heterocycles. The largest absolute Gasteiger partial charge is 0.449 e. The van der Waals surface area contributed by atoms with E-state index in [4.69, 9.17) is 4.74 Å². The molecule has 15 heteroatoms. The number of benzene rings is 1. The van der Waals surface area contributed by atoms with Crippen LogP contribution >= 0.6 is 7.60 Å². The number of anilines is 1. The van der Waals surface area contributed by atoms with Gasteiger partial charge in [-0.2, -0.15) is 0 Å². The van der Waals surface area contributed by atoms with Crippen LogP contribution in [0.3, 0.4) is 0 Å². The van der Waals surface area contributed by atoms with E-state index >= 15 is 0 Å². The molecule has 1 aromatic carbocycles. The summed E-state index contributed by atoms with van der Waals surface area (Å²) in [5.41, 5.74) is 0.564. The molecule has 2 aliphatic heterocycles. The maximum absolute atomic E-state index is 13.6. The van der Waals surface area contributed by atoms with Gasteiger partial charge in [0, 0.05) is 44.4 Å². The lowest BCUT2D eigenvalue weighted by Gasteiger charge is -2.36. The number of rotatable bonds is 11. The summed E-state index contributed by atoms with van der Waals surface area (Å²) in [6.07, 6.45) is 2.83. The summed E-state index contributed by atoms with van der Waals surface area (Å²) in [6.45, 7) is 3.42. The van der Waals surface area contributed by atoms with E-state index in [9.17, 15) is 33.8 Å². The Kier molecular flexibility index (Phi) is 11.7. The van der Waals surface area contributed by atoms with Gasteiger partial charge in [0.25, 0.3) is 5.91 Å². The normalized spacial score (nSPS) is 18.1. The Labute approximate surface area is 256 Å². The number of amides is 3. The lowest BCUT2D eigenvalue weighted by Crippen LogP contribution is -2.56. The predicted octanol–water partition coefficient (Wildman–Crippen LogP) is 1.85. The fraction of sp³-hybridized carbons (Fsp3) is 0.552. The number of hydrogen-bond donors (Lipinski definition) is 4. The first-order chi connectivity index (χ1) is 21.1. The Hall–Kier alpha value is -3.58. The first-order valence-electron chi connectivity index (χ1n) is 15.0. The first-order valence-corrected chi connectivity index (χ1v) is 16.8. The molecule has 240 valence electrons. The summed E-state index contributed by atoms with van der Waals surface area (Å²) in [4.78, 5) is 72.8. The van der Waals surface area contributed by atoms with Gasteiger partial charge in [-0.1, -0.05) is 43.7 Å². The molecule has 1 aromatic heterocycles. The van der Waals surface area contributed by atoms with Crippen LogP contribution in [0.15, 0.2) is 36.4 Å². The molecule has 0 radical (unpaired) electrons. The van der Waals surface area contributed by atoms with Crippen LogP contribution in [-0.2, 0) is 14.1 Å². The van der Waals surface area contributed by atoms with Crippen molar-refractivity contribution >= 4 is 31.3 Å². The molecule has 1 unspecified atom stereocenters. The minimum absolute atomic E-state index is 0.0840. The van der Waals surface area contributed by atoms with Gasteiger partial charge in [0.1, 0.15) is 17.6 Å². The second-order valence-electron chi connectivity index (χ2n) is 11.0. The van der Waals surface area contributed by atoms with Crippen molar-refractivity contribution in [2.45, 2.75) is 51.1 Å². The number of aliphatic hydroxyl groups is 1. The molecule has 0 spiro atoms. The van der Waals surface area contributed by atoms with Crippen molar-refractivity contribution in [3.8, 4) is 11.4 Å². The Morgan fingerprint density at radius 2 is 1.75 bits per heavy atom. The topological polar surface area (TPSA) is 186 Å². The van der Waals surface area contributed by atoms with Crippen molar-refractivity contribution in [3.05, 3.63) is 42.1 Å². The number of nitrogens with one attached hydrogen (secondary N) is 1. The third-order valence-electron chi connectivity index (χ3n) is 7.71. The number of unbranched alkanes of at least 4 members (excludes halogenated alkanes) is 1. The van der Waals surface area contributed by atoms with Crippen LogP contribution in [0.25, 0.3) is 11.4 Å². The van der Waals surface area contributed by atoms with Crippen molar-refractivity contribution in [1.29, 1.82) is 0 Å². The SMILES string of the molecule is CCCCOC(=O)N1CCN(C(=O)C(CP(=O)(O)O)NC(=O)c2cc(N3CCCC[C@@H]3CO)nc(-c3ccccc3)n2)CC1. The summed E-state index contributed by atoms with van der Waals surface area (Å²) in [7, 11) is -4.73. The number of aliphatic hydroxyl groups excluding tert-OH is 1. The first kappa shape index (κ1) is 33.3. The van der Waals surface area contributed by atoms with Crippen molar-refractivity contribution in [3.63, 3.8) is 0 Å². The Balaban J connectivity index is 1.55. The van der Waals surface area contributed by atoms with Crippen molar-refractivity contribution < 1.29 is 38.6 Å². The highest BCUT2D eigenvalue weighted by Crippen LogP contribution is 2.35. The highest BCUT2D eigenvalue weighted by atomic mass is 31.2. The molecule has 44 heavy (non-hydrogen) atoms. The molecule has 4 N–H and O–H groups in total. The van der Waals surface area contributed by atoms with E-state index in [1.165, 1.54) is 15.9 Å². The minimum Gasteiger partial charge on any atom is -0.449 e. The molecule has 2 aromatic rings. The van der Waals surface area contributed by atoms with Gasteiger partial charge < -0.3 is 39.6 Å². The van der Waals surface area contributed by atoms with Gasteiger partial charge in [0.05, 0.1) is 25.4 Å². The zero-order chi connectivity index (χ0) is 31.7. The zero-order valence-electron chi connectivity index (χ0n) is 24.9. The molecule has 3 amide bonds. The number of carbonyl (C=O) groups is 3. The van der Waals surface area contributed by atoms with Gasteiger partial charge >= 0.3 is 13.7 Å². The fourth-order valence-electron chi connectivity index (χ4n) is 5.29. The van der Waals surface area contributed by atoms with Crippen LogP contribution in [0, 0.1) is 0 Å². The summed E-state index contributed by atoms with van der Waals surface area (Å²) < 4.78 is 17.3. The number of aromatic nitrogens is 2. The van der Waals surface area contributed by atoms with Gasteiger partial charge in [-0.15, -0.1) is 0 Å². The van der Waals surface area contributed by atoms with E-state index in [-0.39, 0.29) is 50.3 Å². The van der Waals surface area contributed by atoms with Crippen LogP contribution in [0.2, 0.25) is 0 Å². The second kappa shape index (κ2) is 15.4. The van der Waals surface area contributed by atoms with Crippen LogP contribution in [0.5, 0.6) is 0 Å². The van der Waals surface area contributed by atoms with Crippen LogP contribution in [0.4, 0.5) is 10.6 Å². The Morgan fingerprint density at radius 1 is 1.05 bits per heavy atom. The number of piperidine rings is 1. The molecule has 2 aliphatic rings. The molecule has 4 rings (SSSR count). The number of nitrogens with zero attached hydrogens (tertiary/aromatic N) is 5. The van der Waals surface area contributed by atoms with E-state index in [2.05, 4.69) is 15.3 Å². The number of hydrogen-bond acceptors (Lipinski definition) is 9. The minimum atomic E-state index is -4.73. The van der Waals surface area contributed by atoms with E-state index in [0.29, 0.717) is 24.5 Å². The smallest absolute Gasteiger partial charge is 0.409 e. The highest BCUT2D eigenvalue weighted by Gasteiger charge is 2.35. The monoisotopic (exact) mass is 632 g/mol. The summed E-state index contributed by atoms with van der Waals surface area (Å²) in [6, 6.07) is 8.78. The molecular weight excluding hydrogens is 591 g/mol. The molecule has 0 bridgehead atoms. The quantitative estimate of drug-likeness (QED) is 0.209. The average Bonchev–Trinajstić information content (AvgIpc) is 3.03. The van der Waals surface area contributed by atoms with Crippen LogP contribution in [-0.4, -0.2) is 117 Å². The lowest BCUT2D eigenvalue weighted by atomic mass is 10.0. The number of piperazine rings is 1. The van der Waals surface area contributed by atoms with Crippen molar-refractivity contribution in [1.82, 2.24) is 25.1 Å². The van der Waals surface area contributed by atoms with Crippen molar-refractivity contribution in [2.75, 3.05) is 57.0 Å². The number of carbonyl (C=O) groups excluding carboxylic acids is 3. The van der Waals surface area contributed by atoms with Gasteiger partial charge in [-0.25, -0.2) is 14.8 Å². The number of ether oxygens (including phenoxy) is 1. The molecule has 0 saturated carbocycles. The summed E-state index contributed by atoms with van der Waals surface area (Å²) in [5.74, 6) is -0.777. The third-order valence-corrected chi connectivity index (χ3v) is 8.55. The van der Waals surface area contributed by atoms with Crippen LogP contribution < -0.4 is 10.2 Å². The maximum Gasteiger partial charge on any atom is 0.409 e. The standard InChI is InChI=1S/C29H41N6O8P/c1-2-3-17-43-29(39)34-15-13-33(14-16-34)28(38)24(20-44(40,41)42)31-27(37)23-18-25(35-12-8-7-11-22(35)19-36)32-26(30-23)21-9-5-4-6-10-21/h4-6,9-10,18,22,24,36H,2-3,7-8,11-17,19-20H2,1H3,(H,31,37)(H2,40,41,42)/t22-,24?/m1/s1. The maximum atomic E-state index is 13.6. The van der Waals surface area contributed by atoms with Gasteiger partial charge in [0.15, 0.2) is 5.82 Å². The zero-order valence-corrected chi connectivity index (χ0v) is 25.8. The Bertz CT molecular complexity index is 1330. The summed E-state index contributed by atoms with van der Waals surface area (Å²) in [5, 5.41) is 12.5. The van der Waals surface area contributed by atoms with Gasteiger partial charge in [-0.05, 0) is 25.7 Å². The molecular formula is C29H41N6O8P. The van der Waals surface area contributed by atoms with Gasteiger partial charge in [-0.3, -0.25) is 14.2 Å². The predicted molar refractivity (Wildman–Crippen MR) is 162 cm³/mol. The Morgan fingerprint density at radius 3 is 2.41 bits per heavy atom. The van der Waals surface area contributed by atoms with E-state index < -0.39 is 37.7 Å². The summed E-state index contributed by atoms with van der Waals surface area (Å²) >= 11 is 0. The van der Waals surface area contributed by atoms with Gasteiger partial charge in [0.2, 0.25) is 5.91 Å². The van der Waals surface area contributed by atoms with E-state index in [1.54, 1.807) is 12.1 Å². The molecule has 0 aliphatic carbocycles. The van der Waals surface area contributed by atoms with E-state index in [1.807, 2.05) is 30.0 Å². The fourth-order valence-corrected chi connectivity index (χ4v) is 6.01. The molecule has 2 atom stereocenters. The molecule has 3 heterocycles. The van der Waals surface area contributed by atoms with E-state index in [0.717, 1.165) is 32.1 Å².